The first-order valence-corrected chi connectivity index (χ1v) is 6.35. The van der Waals surface area contributed by atoms with Crippen LogP contribution in [0, 0.1) is 0 Å². The first-order chi connectivity index (χ1) is 8.65. The van der Waals surface area contributed by atoms with Crippen molar-refractivity contribution in [1.82, 2.24) is 0 Å². The summed E-state index contributed by atoms with van der Waals surface area (Å²) in [6, 6.07) is 8.26. The molecule has 0 aliphatic carbocycles. The van der Waals surface area contributed by atoms with Gasteiger partial charge in [-0.25, -0.2) is 4.79 Å². The highest BCUT2D eigenvalue weighted by Crippen LogP contribution is 2.09. The Morgan fingerprint density at radius 1 is 1.32 bits per heavy atom. The van der Waals surface area contributed by atoms with Crippen molar-refractivity contribution >= 4 is 24.5 Å². The number of halogens is 1. The maximum atomic E-state index is 11.1. The summed E-state index contributed by atoms with van der Waals surface area (Å²) >= 11 is 0. The van der Waals surface area contributed by atoms with Gasteiger partial charge in [0.2, 0.25) is 0 Å². The van der Waals surface area contributed by atoms with Crippen molar-refractivity contribution in [1.29, 1.82) is 0 Å². The molecule has 1 atom stereocenters. The van der Waals surface area contributed by atoms with Crippen LogP contribution in [0.4, 0.5) is 0 Å². The normalized spacial score (nSPS) is 11.9. The van der Waals surface area contributed by atoms with Gasteiger partial charge in [-0.3, -0.25) is 0 Å². The molecule has 0 aliphatic heterocycles. The molecule has 0 radical (unpaired) electrons. The van der Waals surface area contributed by atoms with Crippen molar-refractivity contribution in [3.05, 3.63) is 41.5 Å². The van der Waals surface area contributed by atoms with Crippen molar-refractivity contribution < 1.29 is 9.53 Å². The third kappa shape index (κ3) is 6.99. The van der Waals surface area contributed by atoms with E-state index in [9.17, 15) is 4.79 Å². The molecular formula is C15H22ClNO2. The zero-order chi connectivity index (χ0) is 13.4. The minimum Gasteiger partial charge on any atom is -0.463 e. The number of benzene rings is 1. The molecule has 1 aromatic carbocycles. The highest BCUT2D eigenvalue weighted by molar-refractivity contribution is 5.87. The van der Waals surface area contributed by atoms with Crippen molar-refractivity contribution in [2.24, 2.45) is 5.73 Å². The lowest BCUT2D eigenvalue weighted by Crippen LogP contribution is -2.21. The Labute approximate surface area is 121 Å². The van der Waals surface area contributed by atoms with E-state index in [1.54, 1.807) is 13.0 Å². The van der Waals surface area contributed by atoms with Crippen LogP contribution in [-0.4, -0.2) is 18.6 Å². The van der Waals surface area contributed by atoms with E-state index in [0.29, 0.717) is 6.61 Å². The Kier molecular flexibility index (Phi) is 8.92. The number of carbonyl (C=O) groups excluding carboxylic acids is 1. The van der Waals surface area contributed by atoms with E-state index in [1.807, 2.05) is 24.3 Å². The molecule has 0 bridgehead atoms. The van der Waals surface area contributed by atoms with Crippen LogP contribution in [0.1, 0.15) is 31.4 Å². The van der Waals surface area contributed by atoms with Gasteiger partial charge in [-0.05, 0) is 37.0 Å². The van der Waals surface area contributed by atoms with Gasteiger partial charge < -0.3 is 10.5 Å². The first kappa shape index (κ1) is 17.7. The van der Waals surface area contributed by atoms with Crippen molar-refractivity contribution in [2.75, 3.05) is 6.61 Å². The van der Waals surface area contributed by atoms with E-state index >= 15 is 0 Å². The molecule has 0 aliphatic rings. The van der Waals surface area contributed by atoms with Gasteiger partial charge in [-0.2, -0.15) is 0 Å². The fourth-order valence-electron chi connectivity index (χ4n) is 1.57. The van der Waals surface area contributed by atoms with Gasteiger partial charge in [0, 0.05) is 12.1 Å². The third-order valence-electron chi connectivity index (χ3n) is 2.70. The topological polar surface area (TPSA) is 52.3 Å². The van der Waals surface area contributed by atoms with Gasteiger partial charge in [-0.1, -0.05) is 31.2 Å². The zero-order valence-electron chi connectivity index (χ0n) is 11.5. The van der Waals surface area contributed by atoms with Crippen molar-refractivity contribution in [2.45, 2.75) is 32.7 Å². The SMILES string of the molecule is CCOC(=O)/C=C/c1ccc(CC(N)CC)cc1.Cl. The lowest BCUT2D eigenvalue weighted by atomic mass is 10.0. The van der Waals surface area contributed by atoms with Gasteiger partial charge in [0.25, 0.3) is 0 Å². The second kappa shape index (κ2) is 9.59. The second-order valence-corrected chi connectivity index (χ2v) is 4.20. The number of rotatable bonds is 6. The minimum atomic E-state index is -0.311. The first-order valence-electron chi connectivity index (χ1n) is 6.35. The minimum absolute atomic E-state index is 0. The fourth-order valence-corrected chi connectivity index (χ4v) is 1.57. The monoisotopic (exact) mass is 283 g/mol. The molecule has 0 fully saturated rings. The smallest absolute Gasteiger partial charge is 0.330 e. The highest BCUT2D eigenvalue weighted by Gasteiger charge is 2.01. The molecule has 0 saturated heterocycles. The standard InChI is InChI=1S/C15H21NO2.ClH/c1-3-14(16)11-13-7-5-12(6-8-13)9-10-15(17)18-4-2;/h5-10,14H,3-4,11,16H2,1-2H3;1H/b10-9+;. The summed E-state index contributed by atoms with van der Waals surface area (Å²) in [7, 11) is 0. The molecule has 0 aromatic heterocycles. The van der Waals surface area contributed by atoms with Crippen LogP contribution >= 0.6 is 12.4 Å². The van der Waals surface area contributed by atoms with E-state index in [1.165, 1.54) is 11.6 Å². The van der Waals surface area contributed by atoms with E-state index < -0.39 is 0 Å². The number of carbonyl (C=O) groups is 1. The van der Waals surface area contributed by atoms with Gasteiger partial charge >= 0.3 is 5.97 Å². The molecule has 106 valence electrons. The summed E-state index contributed by atoms with van der Waals surface area (Å²) in [5.41, 5.74) is 8.10. The predicted octanol–water partition coefficient (Wildman–Crippen LogP) is 2.96. The largest absolute Gasteiger partial charge is 0.463 e. The predicted molar refractivity (Wildman–Crippen MR) is 81.3 cm³/mol. The number of hydrogen-bond donors (Lipinski definition) is 1. The van der Waals surface area contributed by atoms with Crippen LogP contribution in [0.5, 0.6) is 0 Å². The van der Waals surface area contributed by atoms with Crippen LogP contribution in [0.2, 0.25) is 0 Å². The molecule has 2 N–H and O–H groups in total. The summed E-state index contributed by atoms with van der Waals surface area (Å²) in [6.45, 7) is 4.27. The molecule has 0 heterocycles. The van der Waals surface area contributed by atoms with E-state index in [2.05, 4.69) is 6.92 Å². The number of hydrogen-bond acceptors (Lipinski definition) is 3. The molecule has 0 spiro atoms. The summed E-state index contributed by atoms with van der Waals surface area (Å²) in [6.07, 6.45) is 5.06. The molecule has 0 saturated carbocycles. The number of esters is 1. The Bertz CT molecular complexity index is 401. The number of nitrogens with two attached hydrogens (primary N) is 1. The van der Waals surface area contributed by atoms with Gasteiger partial charge in [0.1, 0.15) is 0 Å². The Morgan fingerprint density at radius 2 is 1.95 bits per heavy atom. The summed E-state index contributed by atoms with van der Waals surface area (Å²) in [5.74, 6) is -0.311. The quantitative estimate of drug-likeness (QED) is 0.645. The summed E-state index contributed by atoms with van der Waals surface area (Å²) in [5, 5.41) is 0. The molecule has 1 aromatic rings. The molecule has 19 heavy (non-hydrogen) atoms. The fraction of sp³-hybridized carbons (Fsp3) is 0.400. The lowest BCUT2D eigenvalue weighted by Gasteiger charge is -2.08. The van der Waals surface area contributed by atoms with E-state index in [4.69, 9.17) is 10.5 Å². The second-order valence-electron chi connectivity index (χ2n) is 4.20. The molecule has 1 unspecified atom stereocenters. The maximum Gasteiger partial charge on any atom is 0.330 e. The summed E-state index contributed by atoms with van der Waals surface area (Å²) in [4.78, 5) is 11.1. The van der Waals surface area contributed by atoms with Gasteiger partial charge in [0.15, 0.2) is 0 Å². The average molecular weight is 284 g/mol. The average Bonchev–Trinajstić information content (AvgIpc) is 2.38. The van der Waals surface area contributed by atoms with Crippen LogP contribution in [-0.2, 0) is 16.0 Å². The van der Waals surface area contributed by atoms with Crippen LogP contribution in [0.15, 0.2) is 30.3 Å². The Balaban J connectivity index is 0.00000324. The number of ether oxygens (including phenoxy) is 1. The maximum absolute atomic E-state index is 11.1. The van der Waals surface area contributed by atoms with Crippen molar-refractivity contribution in [3.8, 4) is 0 Å². The highest BCUT2D eigenvalue weighted by atomic mass is 35.5. The van der Waals surface area contributed by atoms with Gasteiger partial charge in [-0.15, -0.1) is 12.4 Å². The van der Waals surface area contributed by atoms with Crippen molar-refractivity contribution in [3.63, 3.8) is 0 Å². The van der Waals surface area contributed by atoms with E-state index in [0.717, 1.165) is 18.4 Å². The van der Waals surface area contributed by atoms with Crippen LogP contribution < -0.4 is 5.73 Å². The molecule has 4 heteroatoms. The summed E-state index contributed by atoms with van der Waals surface area (Å²) < 4.78 is 4.81. The lowest BCUT2D eigenvalue weighted by molar-refractivity contribution is -0.137. The molecule has 3 nitrogen and oxygen atoms in total. The third-order valence-corrected chi connectivity index (χ3v) is 2.70. The van der Waals surface area contributed by atoms with Crippen LogP contribution in [0.3, 0.4) is 0 Å². The Morgan fingerprint density at radius 3 is 2.47 bits per heavy atom. The Hall–Kier alpha value is -1.32. The molecular weight excluding hydrogens is 262 g/mol. The van der Waals surface area contributed by atoms with E-state index in [-0.39, 0.29) is 24.4 Å². The van der Waals surface area contributed by atoms with Crippen LogP contribution in [0.25, 0.3) is 6.08 Å². The molecule has 1 rings (SSSR count). The molecule has 0 amide bonds. The zero-order valence-corrected chi connectivity index (χ0v) is 12.3. The van der Waals surface area contributed by atoms with Gasteiger partial charge in [0.05, 0.1) is 6.61 Å².